The summed E-state index contributed by atoms with van der Waals surface area (Å²) >= 11 is 0. The zero-order valence-corrected chi connectivity index (χ0v) is 16.1. The number of aliphatic imine (C=N–C) groups is 1. The van der Waals surface area contributed by atoms with Gasteiger partial charge in [-0.3, -0.25) is 4.99 Å². The summed E-state index contributed by atoms with van der Waals surface area (Å²) in [7, 11) is 1.76. The number of methoxy groups -OCH3 is 1. The molecule has 2 N–H and O–H groups in total. The molecule has 144 valence electrons. The average molecular weight is 362 g/mol. The molecular formula is C21H32FN3O. The number of halogens is 1. The largest absolute Gasteiger partial charge is 0.385 e. The molecule has 0 bridgehead atoms. The van der Waals surface area contributed by atoms with Gasteiger partial charge in [0.05, 0.1) is 0 Å². The van der Waals surface area contributed by atoms with Crippen LogP contribution in [0.15, 0.2) is 29.3 Å². The van der Waals surface area contributed by atoms with Crippen molar-refractivity contribution < 1.29 is 9.13 Å². The second-order valence-electron chi connectivity index (χ2n) is 7.91. The van der Waals surface area contributed by atoms with Gasteiger partial charge in [-0.15, -0.1) is 0 Å². The van der Waals surface area contributed by atoms with Crippen LogP contribution < -0.4 is 10.6 Å². The molecule has 0 aromatic heterocycles. The Balaban J connectivity index is 1.61. The van der Waals surface area contributed by atoms with E-state index < -0.39 is 0 Å². The number of guanidine groups is 1. The van der Waals surface area contributed by atoms with E-state index in [0.717, 1.165) is 57.0 Å². The molecule has 3 rings (SSSR count). The number of rotatable bonds is 9. The van der Waals surface area contributed by atoms with E-state index >= 15 is 0 Å². The quantitative estimate of drug-likeness (QED) is 0.522. The Kier molecular flexibility index (Phi) is 6.17. The summed E-state index contributed by atoms with van der Waals surface area (Å²) in [6.45, 7) is 5.26. The first-order valence-corrected chi connectivity index (χ1v) is 9.89. The van der Waals surface area contributed by atoms with Crippen LogP contribution in [-0.2, 0) is 10.2 Å². The predicted molar refractivity (Wildman–Crippen MR) is 104 cm³/mol. The van der Waals surface area contributed by atoms with E-state index in [4.69, 9.17) is 9.73 Å². The Labute approximate surface area is 156 Å². The van der Waals surface area contributed by atoms with Crippen molar-refractivity contribution in [2.24, 2.45) is 10.4 Å². The van der Waals surface area contributed by atoms with Crippen molar-refractivity contribution in [3.05, 3.63) is 35.6 Å². The van der Waals surface area contributed by atoms with Crippen molar-refractivity contribution in [1.29, 1.82) is 0 Å². The minimum atomic E-state index is -0.0956. The second kappa shape index (κ2) is 8.38. The van der Waals surface area contributed by atoms with Crippen LogP contribution in [0.5, 0.6) is 0 Å². The zero-order chi connectivity index (χ0) is 18.5. The normalized spacial score (nSPS) is 20.3. The zero-order valence-electron chi connectivity index (χ0n) is 16.1. The first-order chi connectivity index (χ1) is 12.6. The number of hydrogen-bond acceptors (Lipinski definition) is 2. The standard InChI is InChI=1S/C21H32FN3O/c1-3-23-19(24-15-20(9-6-10-20)13-14-26-2)25-16-21(11-12-21)17-7-4-5-8-18(17)22/h4-5,7-8H,3,6,9-16H2,1-2H3,(H2,23,24,25). The molecule has 0 aliphatic heterocycles. The van der Waals surface area contributed by atoms with Gasteiger partial charge in [-0.1, -0.05) is 24.6 Å². The van der Waals surface area contributed by atoms with E-state index in [-0.39, 0.29) is 11.2 Å². The fraction of sp³-hybridized carbons (Fsp3) is 0.667. The molecule has 2 fully saturated rings. The van der Waals surface area contributed by atoms with Crippen LogP contribution in [0.2, 0.25) is 0 Å². The molecule has 0 spiro atoms. The summed E-state index contributed by atoms with van der Waals surface area (Å²) in [5, 5.41) is 6.81. The van der Waals surface area contributed by atoms with Gasteiger partial charge in [-0.05, 0) is 56.1 Å². The molecule has 0 amide bonds. The third-order valence-electron chi connectivity index (χ3n) is 6.06. The van der Waals surface area contributed by atoms with Crippen LogP contribution >= 0.6 is 0 Å². The summed E-state index contributed by atoms with van der Waals surface area (Å²) in [6, 6.07) is 7.16. The first-order valence-electron chi connectivity index (χ1n) is 9.89. The SMILES string of the molecule is CCNC(=NCC1(CCOC)CCC1)NCC1(c2ccccc2F)CC1. The molecule has 5 heteroatoms. The molecule has 2 saturated carbocycles. The molecule has 4 nitrogen and oxygen atoms in total. The average Bonchev–Trinajstić information content (AvgIpc) is 3.39. The Morgan fingerprint density at radius 2 is 1.96 bits per heavy atom. The van der Waals surface area contributed by atoms with Gasteiger partial charge >= 0.3 is 0 Å². The molecule has 0 saturated heterocycles. The van der Waals surface area contributed by atoms with Crippen molar-refractivity contribution >= 4 is 5.96 Å². The van der Waals surface area contributed by atoms with Crippen LogP contribution in [0, 0.1) is 11.2 Å². The second-order valence-corrected chi connectivity index (χ2v) is 7.91. The van der Waals surface area contributed by atoms with Crippen molar-refractivity contribution in [2.45, 2.75) is 50.9 Å². The van der Waals surface area contributed by atoms with Crippen molar-refractivity contribution in [3.63, 3.8) is 0 Å². The number of nitrogens with one attached hydrogen (secondary N) is 2. The fourth-order valence-corrected chi connectivity index (χ4v) is 3.91. The summed E-state index contributed by atoms with van der Waals surface area (Å²) in [5.74, 6) is 0.750. The maximum Gasteiger partial charge on any atom is 0.191 e. The Morgan fingerprint density at radius 3 is 2.54 bits per heavy atom. The van der Waals surface area contributed by atoms with Crippen LogP contribution in [0.4, 0.5) is 4.39 Å². The molecule has 2 aliphatic carbocycles. The molecular weight excluding hydrogens is 329 g/mol. The van der Waals surface area contributed by atoms with Gasteiger partial charge in [0.25, 0.3) is 0 Å². The molecule has 0 atom stereocenters. The number of hydrogen-bond donors (Lipinski definition) is 2. The van der Waals surface area contributed by atoms with Gasteiger partial charge in [0, 0.05) is 38.8 Å². The molecule has 0 unspecified atom stereocenters. The van der Waals surface area contributed by atoms with E-state index in [0.29, 0.717) is 5.41 Å². The van der Waals surface area contributed by atoms with Gasteiger partial charge in [0.2, 0.25) is 0 Å². The van der Waals surface area contributed by atoms with Crippen molar-refractivity contribution in [2.75, 3.05) is 33.4 Å². The summed E-state index contributed by atoms with van der Waals surface area (Å²) in [6.07, 6.45) is 6.89. The van der Waals surface area contributed by atoms with Crippen LogP contribution in [0.1, 0.15) is 51.0 Å². The molecule has 26 heavy (non-hydrogen) atoms. The highest BCUT2D eigenvalue weighted by Gasteiger charge is 2.46. The molecule has 2 aliphatic rings. The minimum Gasteiger partial charge on any atom is -0.385 e. The summed E-state index contributed by atoms with van der Waals surface area (Å²) < 4.78 is 19.5. The predicted octanol–water partition coefficient (Wildman–Crippen LogP) is 3.62. The number of nitrogens with zero attached hydrogens (tertiary/aromatic N) is 1. The Bertz CT molecular complexity index is 623. The van der Waals surface area contributed by atoms with E-state index in [9.17, 15) is 4.39 Å². The highest BCUT2D eigenvalue weighted by Crippen LogP contribution is 2.48. The highest BCUT2D eigenvalue weighted by atomic mass is 19.1. The topological polar surface area (TPSA) is 45.7 Å². The Hall–Kier alpha value is -1.62. The lowest BCUT2D eigenvalue weighted by Gasteiger charge is -2.40. The van der Waals surface area contributed by atoms with Crippen LogP contribution in [-0.4, -0.2) is 39.3 Å². The molecule has 1 aromatic rings. The monoisotopic (exact) mass is 361 g/mol. The third-order valence-corrected chi connectivity index (χ3v) is 6.06. The maximum atomic E-state index is 14.2. The lowest BCUT2D eigenvalue weighted by atomic mass is 9.67. The maximum absolute atomic E-state index is 14.2. The van der Waals surface area contributed by atoms with Gasteiger partial charge < -0.3 is 15.4 Å². The third kappa shape index (κ3) is 4.37. The molecule has 1 aromatic carbocycles. The number of ether oxygens (including phenoxy) is 1. The smallest absolute Gasteiger partial charge is 0.191 e. The van der Waals surface area contributed by atoms with E-state index in [1.165, 1.54) is 19.3 Å². The van der Waals surface area contributed by atoms with Crippen LogP contribution in [0.3, 0.4) is 0 Å². The van der Waals surface area contributed by atoms with Gasteiger partial charge in [0.1, 0.15) is 5.82 Å². The lowest BCUT2D eigenvalue weighted by molar-refractivity contribution is 0.0778. The van der Waals surface area contributed by atoms with Crippen molar-refractivity contribution in [1.82, 2.24) is 10.6 Å². The highest BCUT2D eigenvalue weighted by molar-refractivity contribution is 5.80. The van der Waals surface area contributed by atoms with E-state index in [2.05, 4.69) is 17.6 Å². The summed E-state index contributed by atoms with van der Waals surface area (Å²) in [5.41, 5.74) is 1.06. The van der Waals surface area contributed by atoms with Crippen molar-refractivity contribution in [3.8, 4) is 0 Å². The van der Waals surface area contributed by atoms with Gasteiger partial charge in [-0.2, -0.15) is 0 Å². The minimum absolute atomic E-state index is 0.0776. The Morgan fingerprint density at radius 1 is 1.19 bits per heavy atom. The van der Waals surface area contributed by atoms with Gasteiger partial charge in [-0.25, -0.2) is 4.39 Å². The lowest BCUT2D eigenvalue weighted by Crippen LogP contribution is -2.43. The van der Waals surface area contributed by atoms with E-state index in [1.54, 1.807) is 19.2 Å². The molecule has 0 radical (unpaired) electrons. The fourth-order valence-electron chi connectivity index (χ4n) is 3.91. The first kappa shape index (κ1) is 19.2. The summed E-state index contributed by atoms with van der Waals surface area (Å²) in [4.78, 5) is 4.85. The van der Waals surface area contributed by atoms with Crippen LogP contribution in [0.25, 0.3) is 0 Å². The molecule has 0 heterocycles. The number of benzene rings is 1. The van der Waals surface area contributed by atoms with E-state index in [1.807, 2.05) is 12.1 Å². The van der Waals surface area contributed by atoms with Gasteiger partial charge in [0.15, 0.2) is 5.96 Å².